The molecule has 0 saturated carbocycles. The number of nitrogens with zero attached hydrogens (tertiary/aromatic N) is 2. The molecule has 0 saturated heterocycles. The Morgan fingerprint density at radius 1 is 1.20 bits per heavy atom. The lowest BCUT2D eigenvalue weighted by atomic mass is 9.97. The average molecular weight is 462 g/mol. The number of thiophene rings is 1. The van der Waals surface area contributed by atoms with Crippen LogP contribution in [0.1, 0.15) is 44.1 Å². The van der Waals surface area contributed by atoms with Crippen molar-refractivity contribution in [1.82, 2.24) is 14.9 Å². The van der Waals surface area contributed by atoms with Gasteiger partial charge >= 0.3 is 0 Å². The summed E-state index contributed by atoms with van der Waals surface area (Å²) in [6, 6.07) is 7.22. The van der Waals surface area contributed by atoms with Crippen molar-refractivity contribution in [3.63, 3.8) is 0 Å². The summed E-state index contributed by atoms with van der Waals surface area (Å²) in [5.74, 6) is -0.0718. The highest BCUT2D eigenvalue weighted by Crippen LogP contribution is 2.35. The largest absolute Gasteiger partial charge is 0.353 e. The van der Waals surface area contributed by atoms with E-state index in [-0.39, 0.29) is 22.8 Å². The van der Waals surface area contributed by atoms with Gasteiger partial charge in [-0.3, -0.25) is 14.2 Å². The van der Waals surface area contributed by atoms with Crippen LogP contribution < -0.4 is 10.9 Å². The Kier molecular flexibility index (Phi) is 6.23. The Morgan fingerprint density at radius 3 is 2.60 bits per heavy atom. The second kappa shape index (κ2) is 8.73. The zero-order valence-corrected chi connectivity index (χ0v) is 19.6. The molecule has 3 aromatic rings. The lowest BCUT2D eigenvalue weighted by Gasteiger charge is -2.17. The van der Waals surface area contributed by atoms with Crippen molar-refractivity contribution in [3.8, 4) is 5.69 Å². The first-order valence-electron chi connectivity index (χ1n) is 10.2. The summed E-state index contributed by atoms with van der Waals surface area (Å²) in [6.07, 6.45) is 4.18. The SMILES string of the molecule is CC(C)NC(=O)C(C)Sc1nc2sc3c(c2c(=O)n1-c1ccc(Cl)cc1)CCCC3. The minimum Gasteiger partial charge on any atom is -0.353 e. The quantitative estimate of drug-likeness (QED) is 0.429. The normalized spacial score (nSPS) is 14.7. The molecule has 0 spiro atoms. The molecular formula is C22H24ClN3O2S2. The second-order valence-electron chi connectivity index (χ2n) is 7.83. The molecule has 1 aromatic carbocycles. The van der Waals surface area contributed by atoms with Crippen LogP contribution in [0.4, 0.5) is 0 Å². The molecule has 30 heavy (non-hydrogen) atoms. The van der Waals surface area contributed by atoms with E-state index in [1.807, 2.05) is 32.9 Å². The van der Waals surface area contributed by atoms with Crippen LogP contribution in [0.25, 0.3) is 15.9 Å². The third-order valence-corrected chi connectivity index (χ3v) is 7.62. The molecule has 0 bridgehead atoms. The lowest BCUT2D eigenvalue weighted by molar-refractivity contribution is -0.120. The van der Waals surface area contributed by atoms with Gasteiger partial charge in [0.15, 0.2) is 5.16 Å². The van der Waals surface area contributed by atoms with Crippen LogP contribution in [-0.2, 0) is 17.6 Å². The maximum absolute atomic E-state index is 13.7. The van der Waals surface area contributed by atoms with Crippen LogP contribution >= 0.6 is 34.7 Å². The van der Waals surface area contributed by atoms with Gasteiger partial charge in [0.25, 0.3) is 5.56 Å². The fourth-order valence-electron chi connectivity index (χ4n) is 3.70. The van der Waals surface area contributed by atoms with Crippen molar-refractivity contribution >= 4 is 50.8 Å². The topological polar surface area (TPSA) is 64.0 Å². The highest BCUT2D eigenvalue weighted by atomic mass is 35.5. The Morgan fingerprint density at radius 2 is 1.90 bits per heavy atom. The number of aryl methyl sites for hydroxylation is 2. The van der Waals surface area contributed by atoms with E-state index in [0.717, 1.165) is 41.5 Å². The molecule has 8 heteroatoms. The molecule has 0 aliphatic heterocycles. The number of carbonyl (C=O) groups excluding carboxylic acids is 1. The van der Waals surface area contributed by atoms with Crippen molar-refractivity contribution in [2.24, 2.45) is 0 Å². The number of carbonyl (C=O) groups is 1. The third-order valence-electron chi connectivity index (χ3n) is 5.13. The summed E-state index contributed by atoms with van der Waals surface area (Å²) in [5.41, 5.74) is 1.79. The summed E-state index contributed by atoms with van der Waals surface area (Å²) in [7, 11) is 0. The minimum atomic E-state index is -0.384. The summed E-state index contributed by atoms with van der Waals surface area (Å²) in [5, 5.41) is 4.41. The highest BCUT2D eigenvalue weighted by Gasteiger charge is 2.25. The fraction of sp³-hybridized carbons (Fsp3) is 0.409. The molecule has 0 radical (unpaired) electrons. The van der Waals surface area contributed by atoms with Crippen LogP contribution in [0, 0.1) is 0 Å². The van der Waals surface area contributed by atoms with E-state index in [1.54, 1.807) is 28.0 Å². The molecule has 1 unspecified atom stereocenters. The number of rotatable bonds is 5. The molecule has 5 nitrogen and oxygen atoms in total. The number of hydrogen-bond acceptors (Lipinski definition) is 5. The van der Waals surface area contributed by atoms with E-state index < -0.39 is 0 Å². The van der Waals surface area contributed by atoms with Gasteiger partial charge in [0.2, 0.25) is 5.91 Å². The maximum atomic E-state index is 13.7. The number of amides is 1. The first-order valence-corrected chi connectivity index (χ1v) is 12.2. The van der Waals surface area contributed by atoms with Crippen molar-refractivity contribution in [2.45, 2.75) is 62.9 Å². The van der Waals surface area contributed by atoms with Gasteiger partial charge in [-0.05, 0) is 76.3 Å². The molecule has 4 rings (SSSR count). The van der Waals surface area contributed by atoms with Crippen LogP contribution in [0.5, 0.6) is 0 Å². The van der Waals surface area contributed by atoms with Gasteiger partial charge in [0.1, 0.15) is 4.83 Å². The van der Waals surface area contributed by atoms with Gasteiger partial charge in [-0.1, -0.05) is 23.4 Å². The fourth-order valence-corrected chi connectivity index (χ4v) is 6.06. The first kappa shape index (κ1) is 21.4. The maximum Gasteiger partial charge on any atom is 0.267 e. The van der Waals surface area contributed by atoms with Gasteiger partial charge in [0, 0.05) is 15.9 Å². The first-order chi connectivity index (χ1) is 14.3. The van der Waals surface area contributed by atoms with E-state index in [1.165, 1.54) is 16.6 Å². The van der Waals surface area contributed by atoms with Crippen molar-refractivity contribution in [1.29, 1.82) is 0 Å². The van der Waals surface area contributed by atoms with E-state index in [4.69, 9.17) is 16.6 Å². The Balaban J connectivity index is 1.87. The Labute approximate surface area is 188 Å². The number of thioether (sulfide) groups is 1. The van der Waals surface area contributed by atoms with Gasteiger partial charge in [-0.25, -0.2) is 4.98 Å². The monoisotopic (exact) mass is 461 g/mol. The van der Waals surface area contributed by atoms with Crippen molar-refractivity contribution in [2.75, 3.05) is 0 Å². The van der Waals surface area contributed by atoms with Gasteiger partial charge < -0.3 is 5.32 Å². The molecule has 158 valence electrons. The van der Waals surface area contributed by atoms with Crippen LogP contribution in [0.15, 0.2) is 34.2 Å². The summed E-state index contributed by atoms with van der Waals surface area (Å²) < 4.78 is 1.63. The number of benzene rings is 1. The van der Waals surface area contributed by atoms with Crippen molar-refractivity contribution in [3.05, 3.63) is 50.1 Å². The number of halogens is 1. The standard InChI is InChI=1S/C22H24ClN3O2S2/c1-12(2)24-19(27)13(3)29-22-25-20-18(16-6-4-5-7-17(16)30-20)21(28)26(22)15-10-8-14(23)9-11-15/h8-13H,4-7H2,1-3H3,(H,24,27). The molecule has 1 aliphatic carbocycles. The minimum absolute atomic E-state index is 0.0541. The molecule has 1 amide bonds. The van der Waals surface area contributed by atoms with Crippen molar-refractivity contribution < 1.29 is 4.79 Å². The summed E-state index contributed by atoms with van der Waals surface area (Å²) >= 11 is 8.99. The number of nitrogens with one attached hydrogen (secondary N) is 1. The zero-order chi connectivity index (χ0) is 21.4. The van der Waals surface area contributed by atoms with Gasteiger partial charge in [0.05, 0.1) is 16.3 Å². The number of hydrogen-bond donors (Lipinski definition) is 1. The van der Waals surface area contributed by atoms with Crippen LogP contribution in [0.3, 0.4) is 0 Å². The van der Waals surface area contributed by atoms with E-state index in [9.17, 15) is 9.59 Å². The molecule has 0 fully saturated rings. The molecule has 2 heterocycles. The predicted molar refractivity (Wildman–Crippen MR) is 125 cm³/mol. The molecular weight excluding hydrogens is 438 g/mol. The average Bonchev–Trinajstić information content (AvgIpc) is 3.07. The molecule has 1 atom stereocenters. The second-order valence-corrected chi connectivity index (χ2v) is 10.7. The van der Waals surface area contributed by atoms with Crippen LogP contribution in [-0.4, -0.2) is 26.8 Å². The third kappa shape index (κ3) is 4.15. The molecule has 2 aromatic heterocycles. The summed E-state index contributed by atoms with van der Waals surface area (Å²) in [6.45, 7) is 5.70. The molecule has 1 N–H and O–H groups in total. The van der Waals surface area contributed by atoms with Gasteiger partial charge in [-0.2, -0.15) is 0 Å². The number of fused-ring (bicyclic) bond motifs is 3. The predicted octanol–water partition coefficient (Wildman–Crippen LogP) is 4.98. The van der Waals surface area contributed by atoms with E-state index >= 15 is 0 Å². The zero-order valence-electron chi connectivity index (χ0n) is 17.2. The van der Waals surface area contributed by atoms with Gasteiger partial charge in [-0.15, -0.1) is 11.3 Å². The van der Waals surface area contributed by atoms with E-state index in [0.29, 0.717) is 15.9 Å². The lowest BCUT2D eigenvalue weighted by Crippen LogP contribution is -2.36. The molecule has 1 aliphatic rings. The smallest absolute Gasteiger partial charge is 0.267 e. The van der Waals surface area contributed by atoms with E-state index in [2.05, 4.69) is 5.32 Å². The highest BCUT2D eigenvalue weighted by molar-refractivity contribution is 8.00. The Bertz CT molecular complexity index is 1150. The Hall–Kier alpha value is -1.83. The van der Waals surface area contributed by atoms with Crippen LogP contribution in [0.2, 0.25) is 5.02 Å². The summed E-state index contributed by atoms with van der Waals surface area (Å²) in [4.78, 5) is 33.1. The number of aromatic nitrogens is 2.